The van der Waals surface area contributed by atoms with E-state index in [1.165, 1.54) is 6.07 Å². The van der Waals surface area contributed by atoms with E-state index in [9.17, 15) is 13.6 Å². The lowest BCUT2D eigenvalue weighted by Crippen LogP contribution is -2.48. The van der Waals surface area contributed by atoms with Crippen LogP contribution >= 0.6 is 12.4 Å². The van der Waals surface area contributed by atoms with Crippen LogP contribution in [0, 0.1) is 11.8 Å². The molecule has 1 aliphatic heterocycles. The molecule has 0 spiro atoms. The summed E-state index contributed by atoms with van der Waals surface area (Å²) in [6.07, 6.45) is 0.439. The highest BCUT2D eigenvalue weighted by atomic mass is 35.5. The fraction of sp³-hybridized carbons (Fsp3) is 0.350. The lowest BCUT2D eigenvalue weighted by Gasteiger charge is -2.31. The lowest BCUT2D eigenvalue weighted by molar-refractivity contribution is -0.121. The van der Waals surface area contributed by atoms with Gasteiger partial charge in [0.15, 0.2) is 0 Å². The van der Waals surface area contributed by atoms with Crippen molar-refractivity contribution in [2.75, 3.05) is 18.4 Å². The summed E-state index contributed by atoms with van der Waals surface area (Å²) in [6, 6.07) is 14.3. The Morgan fingerprint density at radius 3 is 2.52 bits per heavy atom. The van der Waals surface area contributed by atoms with Crippen LogP contribution < -0.4 is 15.4 Å². The number of benzene rings is 2. The molecule has 7 heteroatoms. The third kappa shape index (κ3) is 5.65. The summed E-state index contributed by atoms with van der Waals surface area (Å²) in [5.41, 5.74) is 2.16. The van der Waals surface area contributed by atoms with Gasteiger partial charge in [-0.3, -0.25) is 4.79 Å². The summed E-state index contributed by atoms with van der Waals surface area (Å²) in [4.78, 5) is 12.4. The first kappa shape index (κ1) is 21.1. The molecule has 1 unspecified atom stereocenters. The molecular formula is C20H23ClF2N2O2. The summed E-state index contributed by atoms with van der Waals surface area (Å²) >= 11 is 0. The van der Waals surface area contributed by atoms with Gasteiger partial charge in [0.25, 0.3) is 0 Å². The number of nitrogens with one attached hydrogen (secondary N) is 2. The molecule has 1 heterocycles. The summed E-state index contributed by atoms with van der Waals surface area (Å²) in [5, 5.41) is 6.04. The number of anilines is 1. The van der Waals surface area contributed by atoms with Crippen molar-refractivity contribution >= 4 is 24.0 Å². The van der Waals surface area contributed by atoms with Crippen LogP contribution in [0.2, 0.25) is 0 Å². The second-order valence-corrected chi connectivity index (χ2v) is 6.56. The highest BCUT2D eigenvalue weighted by molar-refractivity contribution is 5.92. The molecule has 0 aliphatic carbocycles. The highest BCUT2D eigenvalue weighted by Gasteiger charge is 2.28. The average molecular weight is 397 g/mol. The first-order chi connectivity index (χ1) is 12.5. The van der Waals surface area contributed by atoms with Gasteiger partial charge in [0, 0.05) is 23.6 Å². The fourth-order valence-electron chi connectivity index (χ4n) is 2.96. The van der Waals surface area contributed by atoms with Crippen LogP contribution in [0.25, 0.3) is 0 Å². The van der Waals surface area contributed by atoms with Gasteiger partial charge in [-0.2, -0.15) is 8.78 Å². The monoisotopic (exact) mass is 396 g/mol. The number of hydrogen-bond donors (Lipinski definition) is 2. The van der Waals surface area contributed by atoms with Gasteiger partial charge < -0.3 is 15.4 Å². The Hall–Kier alpha value is -2.18. The van der Waals surface area contributed by atoms with E-state index in [1.54, 1.807) is 12.1 Å². The van der Waals surface area contributed by atoms with Crippen molar-refractivity contribution in [2.24, 2.45) is 11.8 Å². The Kier molecular flexibility index (Phi) is 7.56. The van der Waals surface area contributed by atoms with Gasteiger partial charge >= 0.3 is 6.61 Å². The van der Waals surface area contributed by atoms with Crippen LogP contribution in [0.5, 0.6) is 5.75 Å². The molecule has 1 atom stereocenters. The molecule has 0 bridgehead atoms. The maximum Gasteiger partial charge on any atom is 0.387 e. The quantitative estimate of drug-likeness (QED) is 0.741. The third-order valence-electron chi connectivity index (χ3n) is 4.72. The normalized spacial score (nSPS) is 14.8. The number of alkyl halides is 2. The van der Waals surface area contributed by atoms with E-state index in [0.717, 1.165) is 18.7 Å². The van der Waals surface area contributed by atoms with Crippen molar-refractivity contribution in [3.8, 4) is 5.75 Å². The first-order valence-electron chi connectivity index (χ1n) is 8.66. The predicted octanol–water partition coefficient (Wildman–Crippen LogP) is 4.09. The van der Waals surface area contributed by atoms with Crippen molar-refractivity contribution < 1.29 is 18.3 Å². The van der Waals surface area contributed by atoms with Crippen LogP contribution in [-0.4, -0.2) is 25.6 Å². The van der Waals surface area contributed by atoms with E-state index in [-0.39, 0.29) is 30.0 Å². The SMILES string of the molecule is CC(C(=O)Nc1ccc(OC(F)F)c(Cc2ccccc2)c1)C1CNC1.Cl. The Bertz CT molecular complexity index is 755. The van der Waals surface area contributed by atoms with E-state index >= 15 is 0 Å². The average Bonchev–Trinajstić information content (AvgIpc) is 2.56. The second-order valence-electron chi connectivity index (χ2n) is 6.56. The maximum atomic E-state index is 12.7. The summed E-state index contributed by atoms with van der Waals surface area (Å²) < 4.78 is 30.0. The molecule has 1 amide bonds. The number of carbonyl (C=O) groups excluding carboxylic acids is 1. The van der Waals surface area contributed by atoms with Crippen molar-refractivity contribution in [3.05, 3.63) is 59.7 Å². The largest absolute Gasteiger partial charge is 0.435 e. The molecular weight excluding hydrogens is 374 g/mol. The number of hydrogen-bond acceptors (Lipinski definition) is 3. The van der Waals surface area contributed by atoms with Gasteiger partial charge in [0.2, 0.25) is 5.91 Å². The highest BCUT2D eigenvalue weighted by Crippen LogP contribution is 2.28. The minimum absolute atomic E-state index is 0. The van der Waals surface area contributed by atoms with E-state index in [2.05, 4.69) is 15.4 Å². The third-order valence-corrected chi connectivity index (χ3v) is 4.72. The van der Waals surface area contributed by atoms with Gasteiger partial charge in [0.1, 0.15) is 5.75 Å². The van der Waals surface area contributed by atoms with Crippen molar-refractivity contribution in [3.63, 3.8) is 0 Å². The Balaban J connectivity index is 0.00000261. The minimum atomic E-state index is -2.89. The lowest BCUT2D eigenvalue weighted by atomic mass is 9.88. The number of rotatable bonds is 7. The number of halogens is 3. The summed E-state index contributed by atoms with van der Waals surface area (Å²) in [5.74, 6) is 0.286. The van der Waals surface area contributed by atoms with Gasteiger partial charge in [0.05, 0.1) is 0 Å². The number of amides is 1. The van der Waals surface area contributed by atoms with Crippen molar-refractivity contribution in [2.45, 2.75) is 20.0 Å². The van der Waals surface area contributed by atoms with E-state index in [1.807, 2.05) is 37.3 Å². The molecule has 0 radical (unpaired) electrons. The second kappa shape index (κ2) is 9.67. The fourth-order valence-corrected chi connectivity index (χ4v) is 2.96. The zero-order valence-electron chi connectivity index (χ0n) is 15.0. The van der Waals surface area contributed by atoms with Gasteiger partial charge in [-0.1, -0.05) is 37.3 Å². The molecule has 2 aromatic rings. The van der Waals surface area contributed by atoms with Crippen LogP contribution in [0.1, 0.15) is 18.1 Å². The van der Waals surface area contributed by atoms with Gasteiger partial charge in [-0.15, -0.1) is 12.4 Å². The Morgan fingerprint density at radius 2 is 1.93 bits per heavy atom. The van der Waals surface area contributed by atoms with Crippen LogP contribution in [0.3, 0.4) is 0 Å². The first-order valence-corrected chi connectivity index (χ1v) is 8.66. The summed E-state index contributed by atoms with van der Waals surface area (Å²) in [6.45, 7) is 0.695. The zero-order chi connectivity index (χ0) is 18.5. The molecule has 2 aromatic carbocycles. The Morgan fingerprint density at radius 1 is 1.22 bits per heavy atom. The minimum Gasteiger partial charge on any atom is -0.435 e. The van der Waals surface area contributed by atoms with Crippen LogP contribution in [0.15, 0.2) is 48.5 Å². The molecule has 27 heavy (non-hydrogen) atoms. The predicted molar refractivity (Wildman–Crippen MR) is 104 cm³/mol. The maximum absolute atomic E-state index is 12.7. The standard InChI is InChI=1S/C20H22F2N2O2.ClH/c1-13(16-11-23-12-16)19(25)24-17-7-8-18(26-20(21)22)15(10-17)9-14-5-3-2-4-6-14;/h2-8,10,13,16,20,23H,9,11-12H2,1H3,(H,24,25);1H. The molecule has 1 saturated heterocycles. The molecule has 146 valence electrons. The molecule has 1 aliphatic rings. The number of carbonyl (C=O) groups is 1. The van der Waals surface area contributed by atoms with Gasteiger partial charge in [-0.25, -0.2) is 0 Å². The van der Waals surface area contributed by atoms with Crippen molar-refractivity contribution in [1.29, 1.82) is 0 Å². The van der Waals surface area contributed by atoms with Crippen LogP contribution in [0.4, 0.5) is 14.5 Å². The molecule has 0 saturated carbocycles. The van der Waals surface area contributed by atoms with E-state index in [0.29, 0.717) is 23.6 Å². The number of ether oxygens (including phenoxy) is 1. The zero-order valence-corrected chi connectivity index (χ0v) is 15.8. The topological polar surface area (TPSA) is 50.4 Å². The molecule has 0 aromatic heterocycles. The molecule has 4 nitrogen and oxygen atoms in total. The summed E-state index contributed by atoms with van der Waals surface area (Å²) in [7, 11) is 0. The van der Waals surface area contributed by atoms with E-state index in [4.69, 9.17) is 0 Å². The smallest absolute Gasteiger partial charge is 0.387 e. The van der Waals surface area contributed by atoms with Crippen LogP contribution in [-0.2, 0) is 11.2 Å². The molecule has 3 rings (SSSR count). The van der Waals surface area contributed by atoms with Gasteiger partial charge in [-0.05, 0) is 42.8 Å². The molecule has 1 fully saturated rings. The van der Waals surface area contributed by atoms with E-state index < -0.39 is 6.61 Å². The Labute approximate surface area is 163 Å². The van der Waals surface area contributed by atoms with Crippen molar-refractivity contribution in [1.82, 2.24) is 5.32 Å². The molecule has 2 N–H and O–H groups in total.